The van der Waals surface area contributed by atoms with Crippen molar-refractivity contribution in [2.75, 3.05) is 0 Å². The van der Waals surface area contributed by atoms with Gasteiger partial charge in [0.15, 0.2) is 0 Å². The molecule has 1 aromatic heterocycles. The molecule has 0 atom stereocenters. The molecule has 0 saturated heterocycles. The van der Waals surface area contributed by atoms with Crippen LogP contribution in [0.25, 0.3) is 0 Å². The Morgan fingerprint density at radius 3 is 2.21 bits per heavy atom. The van der Waals surface area contributed by atoms with E-state index >= 15 is 0 Å². The molecule has 1 rings (SSSR count). The van der Waals surface area contributed by atoms with E-state index < -0.39 is 44.5 Å². The number of aromatic nitrogens is 1. The first-order valence-corrected chi connectivity index (χ1v) is 7.13. The van der Waals surface area contributed by atoms with Crippen molar-refractivity contribution in [3.05, 3.63) is 23.0 Å². The molecule has 0 amide bonds. The highest BCUT2D eigenvalue weighted by molar-refractivity contribution is 9.08. The zero-order valence-electron chi connectivity index (χ0n) is 8.88. The van der Waals surface area contributed by atoms with Gasteiger partial charge in [-0.15, -0.1) is 0 Å². The number of hydrogen-bond acceptors (Lipinski definition) is 3. The molecule has 2 N–H and O–H groups in total. The van der Waals surface area contributed by atoms with Gasteiger partial charge in [0.1, 0.15) is 10.6 Å². The summed E-state index contributed by atoms with van der Waals surface area (Å²) in [5.41, 5.74) is -3.86. The Labute approximate surface area is 113 Å². The summed E-state index contributed by atoms with van der Waals surface area (Å²) in [7, 11) is -4.51. The second-order valence-electron chi connectivity index (χ2n) is 3.34. The number of pyridine rings is 1. The zero-order chi connectivity index (χ0) is 15.0. The average molecular weight is 369 g/mol. The second-order valence-corrected chi connectivity index (χ2v) is 5.43. The number of nitrogens with zero attached hydrogens (tertiary/aromatic N) is 1. The molecule has 11 heteroatoms. The normalized spacial score (nSPS) is 13.1. The molecule has 0 aliphatic rings. The van der Waals surface area contributed by atoms with E-state index in [0.717, 1.165) is 0 Å². The Hall–Kier alpha value is -0.810. The van der Waals surface area contributed by atoms with Gasteiger partial charge in [-0.1, -0.05) is 15.9 Å². The Balaban J connectivity index is 3.72. The summed E-state index contributed by atoms with van der Waals surface area (Å²) >= 11 is 2.75. The molecule has 0 aliphatic heterocycles. The fraction of sp³-hybridized carbons (Fsp3) is 0.375. The Morgan fingerprint density at radius 1 is 1.37 bits per heavy atom. The van der Waals surface area contributed by atoms with Crippen molar-refractivity contribution in [1.82, 2.24) is 4.98 Å². The highest BCUT2D eigenvalue weighted by atomic mass is 79.9. The predicted octanol–water partition coefficient (Wildman–Crippen LogP) is 2.58. The minimum absolute atomic E-state index is 0.0699. The summed E-state index contributed by atoms with van der Waals surface area (Å²) in [6.45, 7) is 0. The van der Waals surface area contributed by atoms with Crippen molar-refractivity contribution in [2.24, 2.45) is 5.14 Å². The summed E-state index contributed by atoms with van der Waals surface area (Å²) < 4.78 is 85.1. The van der Waals surface area contributed by atoms with Crippen molar-refractivity contribution >= 4 is 26.0 Å². The molecule has 0 spiro atoms. The lowest BCUT2D eigenvalue weighted by Gasteiger charge is -2.15. The van der Waals surface area contributed by atoms with Crippen LogP contribution >= 0.6 is 15.9 Å². The Bertz CT molecular complexity index is 588. The number of alkyl halides is 6. The lowest BCUT2D eigenvalue weighted by atomic mass is 10.1. The largest absolute Gasteiger partial charge is 0.418 e. The van der Waals surface area contributed by atoms with E-state index in [4.69, 9.17) is 5.14 Å². The van der Waals surface area contributed by atoms with Crippen LogP contribution in [0.2, 0.25) is 0 Å². The third-order valence-corrected chi connectivity index (χ3v) is 3.53. The third-order valence-electron chi connectivity index (χ3n) is 2.04. The molecule has 1 aromatic rings. The highest BCUT2D eigenvalue weighted by Crippen LogP contribution is 2.37. The molecule has 0 bridgehead atoms. The van der Waals surface area contributed by atoms with Gasteiger partial charge in [-0.05, 0) is 6.07 Å². The quantitative estimate of drug-likeness (QED) is 0.658. The third kappa shape index (κ3) is 3.60. The molecule has 19 heavy (non-hydrogen) atoms. The molecule has 0 aromatic carbocycles. The molecule has 1 heterocycles. The van der Waals surface area contributed by atoms with E-state index in [1.807, 2.05) is 0 Å². The standard InChI is InChI=1S/C8H6BrF5N2O2S/c9-2-4-5(19(15,17)18)1-3(8(12,13)14)6(16-4)7(10)11/h1,7H,2H2,(H2,15,17,18). The lowest BCUT2D eigenvalue weighted by molar-refractivity contribution is -0.140. The molecule has 0 aliphatic carbocycles. The van der Waals surface area contributed by atoms with Gasteiger partial charge in [0.25, 0.3) is 6.43 Å². The molecule has 4 nitrogen and oxygen atoms in total. The topological polar surface area (TPSA) is 73.1 Å². The first-order valence-electron chi connectivity index (χ1n) is 4.46. The van der Waals surface area contributed by atoms with Crippen LogP contribution in [-0.2, 0) is 21.5 Å². The van der Waals surface area contributed by atoms with E-state index in [1.54, 1.807) is 0 Å². The van der Waals surface area contributed by atoms with Crippen molar-refractivity contribution in [2.45, 2.75) is 22.8 Å². The van der Waals surface area contributed by atoms with Crippen LogP contribution in [0.1, 0.15) is 23.4 Å². The molecule has 0 unspecified atom stereocenters. The van der Waals surface area contributed by atoms with Crippen LogP contribution in [0, 0.1) is 0 Å². The predicted molar refractivity (Wildman–Crippen MR) is 58.2 cm³/mol. The molecule has 108 valence electrons. The summed E-state index contributed by atoms with van der Waals surface area (Å²) in [6.07, 6.45) is -8.66. The number of rotatable bonds is 3. The Kier molecular flexibility index (Phi) is 4.52. The van der Waals surface area contributed by atoms with Crippen molar-refractivity contribution in [3.8, 4) is 0 Å². The summed E-state index contributed by atoms with van der Waals surface area (Å²) in [5, 5.41) is 4.39. The van der Waals surface area contributed by atoms with Gasteiger partial charge in [-0.2, -0.15) is 13.2 Å². The molecule has 0 radical (unpaired) electrons. The van der Waals surface area contributed by atoms with Gasteiger partial charge in [0.05, 0.1) is 11.3 Å². The van der Waals surface area contributed by atoms with Crippen LogP contribution in [0.4, 0.5) is 22.0 Å². The van der Waals surface area contributed by atoms with E-state index in [-0.39, 0.29) is 11.4 Å². The number of hydrogen-bond donors (Lipinski definition) is 1. The van der Waals surface area contributed by atoms with E-state index in [1.165, 1.54) is 0 Å². The lowest BCUT2D eigenvalue weighted by Crippen LogP contribution is -2.20. The van der Waals surface area contributed by atoms with Crippen molar-refractivity contribution in [1.29, 1.82) is 0 Å². The summed E-state index contributed by atoms with van der Waals surface area (Å²) in [4.78, 5) is 2.10. The SMILES string of the molecule is NS(=O)(=O)c1cc(C(F)(F)F)c(C(F)F)nc1CBr. The number of nitrogens with two attached hydrogens (primary N) is 1. The summed E-state index contributed by atoms with van der Waals surface area (Å²) in [6, 6.07) is 0.0699. The van der Waals surface area contributed by atoms with Crippen LogP contribution in [-0.4, -0.2) is 13.4 Å². The van der Waals surface area contributed by atoms with E-state index in [9.17, 15) is 30.4 Å². The molecular formula is C8H6BrF5N2O2S. The number of halogens is 6. The number of primary sulfonamides is 1. The van der Waals surface area contributed by atoms with Crippen LogP contribution in [0.5, 0.6) is 0 Å². The van der Waals surface area contributed by atoms with Crippen LogP contribution in [0.15, 0.2) is 11.0 Å². The average Bonchev–Trinajstić information content (AvgIpc) is 2.24. The van der Waals surface area contributed by atoms with Crippen LogP contribution < -0.4 is 5.14 Å². The van der Waals surface area contributed by atoms with Gasteiger partial charge in [0.2, 0.25) is 10.0 Å². The monoisotopic (exact) mass is 368 g/mol. The van der Waals surface area contributed by atoms with Gasteiger partial charge in [-0.3, -0.25) is 0 Å². The van der Waals surface area contributed by atoms with Gasteiger partial charge in [-0.25, -0.2) is 27.3 Å². The maximum absolute atomic E-state index is 12.6. The maximum atomic E-state index is 12.6. The van der Waals surface area contributed by atoms with Crippen molar-refractivity contribution in [3.63, 3.8) is 0 Å². The van der Waals surface area contributed by atoms with Gasteiger partial charge < -0.3 is 0 Å². The first-order chi connectivity index (χ1) is 8.48. The first kappa shape index (κ1) is 16.2. The fourth-order valence-electron chi connectivity index (χ4n) is 1.28. The second kappa shape index (κ2) is 5.29. The minimum atomic E-state index is -5.16. The maximum Gasteiger partial charge on any atom is 0.418 e. The van der Waals surface area contributed by atoms with Gasteiger partial charge >= 0.3 is 6.18 Å². The number of sulfonamides is 1. The van der Waals surface area contributed by atoms with Gasteiger partial charge in [0, 0.05) is 5.33 Å². The Morgan fingerprint density at radius 2 is 1.89 bits per heavy atom. The summed E-state index contributed by atoms with van der Waals surface area (Å²) in [5.74, 6) is 0. The van der Waals surface area contributed by atoms with E-state index in [0.29, 0.717) is 0 Å². The molecule has 0 saturated carbocycles. The van der Waals surface area contributed by atoms with Crippen molar-refractivity contribution < 1.29 is 30.4 Å². The molecule has 0 fully saturated rings. The smallest absolute Gasteiger partial charge is 0.249 e. The van der Waals surface area contributed by atoms with E-state index in [2.05, 4.69) is 20.9 Å². The highest BCUT2D eigenvalue weighted by Gasteiger charge is 2.38. The van der Waals surface area contributed by atoms with Crippen LogP contribution in [0.3, 0.4) is 0 Å². The molecular weight excluding hydrogens is 363 g/mol. The minimum Gasteiger partial charge on any atom is -0.249 e. The zero-order valence-corrected chi connectivity index (χ0v) is 11.3. The fourth-order valence-corrected chi connectivity index (χ4v) is 2.63.